The number of carbonyl (C=O) groups is 2. The van der Waals surface area contributed by atoms with Crippen molar-refractivity contribution in [3.8, 4) is 0 Å². The van der Waals surface area contributed by atoms with Gasteiger partial charge in [0.1, 0.15) is 0 Å². The summed E-state index contributed by atoms with van der Waals surface area (Å²) >= 11 is 0. The number of hydrogen-bond acceptors (Lipinski definition) is 6. The summed E-state index contributed by atoms with van der Waals surface area (Å²) in [5.41, 5.74) is 0. The molecule has 0 aliphatic carbocycles. The van der Waals surface area contributed by atoms with Crippen LogP contribution in [0.5, 0.6) is 0 Å². The second-order valence-corrected chi connectivity index (χ2v) is 3.54. The summed E-state index contributed by atoms with van der Waals surface area (Å²) in [5.74, 6) is -1.64. The van der Waals surface area contributed by atoms with Crippen molar-refractivity contribution in [3.05, 3.63) is 24.8 Å². The van der Waals surface area contributed by atoms with Gasteiger partial charge < -0.3 is 9.29 Å². The van der Waals surface area contributed by atoms with Crippen LogP contribution in [0.15, 0.2) is 24.8 Å². The molecule has 1 heterocycles. The quantitative estimate of drug-likeness (QED) is 0.163. The Labute approximate surface area is 109 Å². The average molecular weight is 242 g/mol. The maximum atomic E-state index is 9.92. The van der Waals surface area contributed by atoms with Gasteiger partial charge >= 0.3 is 41.5 Å². The molecule has 0 aromatic rings. The fraction of sp³-hybridized carbons (Fsp3) is 0.143. The smallest absolute Gasteiger partial charge is 0.748 e. The largest absolute Gasteiger partial charge is 1.00 e. The topological polar surface area (TPSA) is 101 Å². The fourth-order valence-corrected chi connectivity index (χ4v) is 0.736. The molecule has 1 aliphatic rings. The maximum Gasteiger partial charge on any atom is 1.00 e. The van der Waals surface area contributed by atoms with Crippen LogP contribution in [0, 0.1) is 0 Å². The minimum Gasteiger partial charge on any atom is -0.748 e. The van der Waals surface area contributed by atoms with Crippen LogP contribution in [0.2, 0.25) is 0 Å². The van der Waals surface area contributed by atoms with E-state index in [1.807, 2.05) is 0 Å². The van der Waals surface area contributed by atoms with Crippen LogP contribution in [-0.2, 0) is 24.4 Å². The van der Waals surface area contributed by atoms with Gasteiger partial charge in [-0.25, -0.2) is 18.0 Å². The first-order chi connectivity index (χ1) is 6.35. The van der Waals surface area contributed by atoms with Crippen LogP contribution in [0.25, 0.3) is 0 Å². The molecular weight excluding hydrogens is 235 g/mol. The van der Waals surface area contributed by atoms with Crippen LogP contribution in [0.1, 0.15) is 0 Å². The molecular formula is C7H7NaO6S. The van der Waals surface area contributed by atoms with Gasteiger partial charge in [-0.2, -0.15) is 0 Å². The van der Waals surface area contributed by atoms with E-state index in [2.05, 4.69) is 11.3 Å². The molecule has 0 saturated heterocycles. The van der Waals surface area contributed by atoms with Crippen LogP contribution in [0.3, 0.4) is 0 Å². The van der Waals surface area contributed by atoms with Crippen molar-refractivity contribution in [2.24, 2.45) is 0 Å². The third kappa shape index (κ3) is 11.5. The van der Waals surface area contributed by atoms with Crippen LogP contribution in [-0.4, -0.2) is 30.7 Å². The van der Waals surface area contributed by atoms with E-state index in [4.69, 9.17) is 0 Å². The normalized spacial score (nSPS) is 13.4. The number of esters is 2. The third-order valence-electron chi connectivity index (χ3n) is 0.879. The number of hydrogen-bond donors (Lipinski definition) is 0. The molecule has 0 fully saturated rings. The predicted molar refractivity (Wildman–Crippen MR) is 45.0 cm³/mol. The Morgan fingerprint density at radius 3 is 1.80 bits per heavy atom. The molecule has 0 saturated carbocycles. The van der Waals surface area contributed by atoms with Crippen molar-refractivity contribution >= 4 is 22.1 Å². The first kappa shape index (κ1) is 16.9. The van der Waals surface area contributed by atoms with Crippen molar-refractivity contribution in [3.63, 3.8) is 0 Å². The Balaban J connectivity index is 0. The monoisotopic (exact) mass is 242 g/mol. The number of cyclic esters (lactones) is 2. The summed E-state index contributed by atoms with van der Waals surface area (Å²) in [6.45, 7) is 3.07. The first-order valence-corrected chi connectivity index (χ1v) is 4.91. The Hall–Kier alpha value is -0.470. The number of ether oxygens (including phenoxy) is 1. The summed E-state index contributed by atoms with van der Waals surface area (Å²) in [4.78, 5) is 19.8. The van der Waals surface area contributed by atoms with Crippen LogP contribution in [0.4, 0.5) is 0 Å². The molecule has 6 nitrogen and oxygen atoms in total. The maximum absolute atomic E-state index is 9.92. The van der Waals surface area contributed by atoms with E-state index in [-0.39, 0.29) is 29.6 Å². The molecule has 0 atom stereocenters. The van der Waals surface area contributed by atoms with Crippen molar-refractivity contribution < 1.29 is 56.9 Å². The van der Waals surface area contributed by atoms with Crippen molar-refractivity contribution in [1.29, 1.82) is 0 Å². The molecule has 0 N–H and O–H groups in total. The van der Waals surface area contributed by atoms with E-state index in [1.54, 1.807) is 0 Å². The molecule has 0 radical (unpaired) electrons. The van der Waals surface area contributed by atoms with Gasteiger partial charge in [-0.05, 0) is 0 Å². The van der Waals surface area contributed by atoms with Crippen LogP contribution < -0.4 is 29.6 Å². The van der Waals surface area contributed by atoms with Crippen molar-refractivity contribution in [2.45, 2.75) is 0 Å². The van der Waals surface area contributed by atoms with Crippen LogP contribution >= 0.6 is 0 Å². The van der Waals surface area contributed by atoms with E-state index < -0.39 is 27.8 Å². The molecule has 0 aromatic carbocycles. The summed E-state index contributed by atoms with van der Waals surface area (Å²) in [7, 11) is -4.04. The fourth-order valence-electron chi connectivity index (χ4n) is 0.448. The minimum absolute atomic E-state index is 0. The Bertz CT molecular complexity index is 353. The summed E-state index contributed by atoms with van der Waals surface area (Å²) in [5, 5.41) is 0. The first-order valence-electron chi connectivity index (χ1n) is 3.33. The SMILES string of the molecule is C=CCS(=O)(=O)[O-].O=C1C=CC(=O)O1.[Na+]. The zero-order valence-electron chi connectivity index (χ0n) is 8.00. The second kappa shape index (κ2) is 7.77. The van der Waals surface area contributed by atoms with Crippen molar-refractivity contribution in [1.82, 2.24) is 0 Å². The number of carbonyl (C=O) groups excluding carboxylic acids is 2. The summed E-state index contributed by atoms with van der Waals surface area (Å²) in [6.07, 6.45) is 3.23. The second-order valence-electron chi connectivity index (χ2n) is 2.09. The molecule has 0 spiro atoms. The molecule has 0 aromatic heterocycles. The van der Waals surface area contributed by atoms with Gasteiger partial charge in [0.25, 0.3) is 0 Å². The van der Waals surface area contributed by atoms with Gasteiger partial charge in [0.05, 0.1) is 15.9 Å². The predicted octanol–water partition coefficient (Wildman–Crippen LogP) is -3.65. The number of rotatable bonds is 2. The molecule has 0 unspecified atom stereocenters. The van der Waals surface area contributed by atoms with Gasteiger partial charge in [0, 0.05) is 12.2 Å². The Kier molecular flexibility index (Phi) is 8.78. The molecule has 1 aliphatic heterocycles. The summed E-state index contributed by atoms with van der Waals surface area (Å²) < 4.78 is 32.8. The third-order valence-corrected chi connectivity index (χ3v) is 1.52. The molecule has 0 bridgehead atoms. The standard InChI is InChI=1S/C4H2O3.C3H6O3S.Na/c5-3-1-2-4(6)7-3;1-2-3-7(4,5)6;/h1-2H;2H,1,3H2,(H,4,5,6);/q;;+1/p-1. The Morgan fingerprint density at radius 1 is 1.33 bits per heavy atom. The average Bonchev–Trinajstić information content (AvgIpc) is 2.33. The van der Waals surface area contributed by atoms with Gasteiger partial charge in [-0.15, -0.1) is 6.58 Å². The van der Waals surface area contributed by atoms with E-state index in [1.165, 1.54) is 0 Å². The Morgan fingerprint density at radius 2 is 1.73 bits per heavy atom. The van der Waals surface area contributed by atoms with Gasteiger partial charge in [0.15, 0.2) is 0 Å². The van der Waals surface area contributed by atoms with Gasteiger partial charge in [0.2, 0.25) is 0 Å². The van der Waals surface area contributed by atoms with E-state index in [9.17, 15) is 22.6 Å². The summed E-state index contributed by atoms with van der Waals surface area (Å²) in [6, 6.07) is 0. The molecule has 0 amide bonds. The zero-order valence-corrected chi connectivity index (χ0v) is 10.8. The van der Waals surface area contributed by atoms with Crippen molar-refractivity contribution in [2.75, 3.05) is 5.75 Å². The van der Waals surface area contributed by atoms with E-state index >= 15 is 0 Å². The molecule has 8 heteroatoms. The van der Waals surface area contributed by atoms with E-state index in [0.717, 1.165) is 18.2 Å². The molecule has 78 valence electrons. The van der Waals surface area contributed by atoms with Gasteiger partial charge in [-0.1, -0.05) is 6.08 Å². The molecule has 1 rings (SSSR count). The molecule has 15 heavy (non-hydrogen) atoms. The van der Waals surface area contributed by atoms with Gasteiger partial charge in [-0.3, -0.25) is 0 Å². The zero-order chi connectivity index (χ0) is 11.2. The van der Waals surface area contributed by atoms with E-state index in [0.29, 0.717) is 0 Å². The minimum atomic E-state index is -4.04.